The molecule has 3 rings (SSSR count). The minimum Gasteiger partial charge on any atom is -0.371 e. The molecule has 1 aliphatic heterocycles. The first-order chi connectivity index (χ1) is 11.8. The molecule has 24 heavy (non-hydrogen) atoms. The van der Waals surface area contributed by atoms with Gasteiger partial charge in [0.2, 0.25) is 5.91 Å². The number of aryl methyl sites for hydroxylation is 1. The van der Waals surface area contributed by atoms with E-state index in [1.165, 1.54) is 24.1 Å². The Morgan fingerprint density at radius 2 is 1.88 bits per heavy atom. The highest BCUT2D eigenvalue weighted by molar-refractivity contribution is 8.00. The fourth-order valence-electron chi connectivity index (χ4n) is 3.06. The molecule has 3 nitrogen and oxygen atoms in total. The van der Waals surface area contributed by atoms with Gasteiger partial charge in [0, 0.05) is 30.2 Å². The van der Waals surface area contributed by atoms with Crippen molar-refractivity contribution in [3.63, 3.8) is 0 Å². The number of rotatable bonds is 7. The molecule has 0 atom stereocenters. The van der Waals surface area contributed by atoms with Crippen LogP contribution in [-0.4, -0.2) is 31.3 Å². The molecule has 0 radical (unpaired) electrons. The van der Waals surface area contributed by atoms with E-state index in [2.05, 4.69) is 34.5 Å². The summed E-state index contributed by atoms with van der Waals surface area (Å²) in [7, 11) is 0. The number of hydrogen-bond acceptors (Lipinski definition) is 3. The number of para-hydroxylation sites is 1. The summed E-state index contributed by atoms with van der Waals surface area (Å²) in [4.78, 5) is 15.5. The number of hydrogen-bond donors (Lipinski definition) is 1. The van der Waals surface area contributed by atoms with Crippen molar-refractivity contribution in [1.82, 2.24) is 5.32 Å². The van der Waals surface area contributed by atoms with Crippen molar-refractivity contribution in [1.29, 1.82) is 0 Å². The van der Waals surface area contributed by atoms with E-state index in [4.69, 9.17) is 0 Å². The normalized spacial score (nSPS) is 13.4. The molecule has 0 saturated carbocycles. The molecule has 2 aromatic carbocycles. The van der Waals surface area contributed by atoms with Gasteiger partial charge in [0.15, 0.2) is 0 Å². The topological polar surface area (TPSA) is 32.3 Å². The van der Waals surface area contributed by atoms with Crippen molar-refractivity contribution < 1.29 is 4.79 Å². The van der Waals surface area contributed by atoms with E-state index in [1.54, 1.807) is 11.8 Å². The summed E-state index contributed by atoms with van der Waals surface area (Å²) in [6.07, 6.45) is 3.38. The van der Waals surface area contributed by atoms with E-state index in [0.717, 1.165) is 31.0 Å². The Balaban J connectivity index is 1.36. The van der Waals surface area contributed by atoms with Gasteiger partial charge in [-0.25, -0.2) is 0 Å². The molecule has 0 saturated heterocycles. The summed E-state index contributed by atoms with van der Waals surface area (Å²) >= 11 is 1.58. The van der Waals surface area contributed by atoms with Gasteiger partial charge in [0.1, 0.15) is 0 Å². The quantitative estimate of drug-likeness (QED) is 0.616. The van der Waals surface area contributed by atoms with Gasteiger partial charge < -0.3 is 10.2 Å². The molecule has 0 aromatic heterocycles. The van der Waals surface area contributed by atoms with Gasteiger partial charge in [-0.2, -0.15) is 0 Å². The standard InChI is InChI=1S/C20H24N2OS/c23-20(16-24-18-10-2-1-3-11-18)21-13-7-15-22-14-6-9-17-8-4-5-12-19(17)22/h1-5,8,10-12H,6-7,9,13-16H2,(H,21,23). The van der Waals surface area contributed by atoms with Crippen LogP contribution in [-0.2, 0) is 11.2 Å². The zero-order valence-corrected chi connectivity index (χ0v) is 14.7. The first-order valence-electron chi connectivity index (χ1n) is 8.60. The van der Waals surface area contributed by atoms with Crippen LogP contribution in [0.4, 0.5) is 5.69 Å². The second kappa shape index (κ2) is 8.78. The van der Waals surface area contributed by atoms with Gasteiger partial charge in [0.25, 0.3) is 0 Å². The molecular weight excluding hydrogens is 316 g/mol. The lowest BCUT2D eigenvalue weighted by Gasteiger charge is -2.31. The van der Waals surface area contributed by atoms with Crippen molar-refractivity contribution in [3.05, 3.63) is 60.2 Å². The number of thioether (sulfide) groups is 1. The molecule has 2 aromatic rings. The van der Waals surface area contributed by atoms with Crippen LogP contribution in [0, 0.1) is 0 Å². The monoisotopic (exact) mass is 340 g/mol. The van der Waals surface area contributed by atoms with Crippen LogP contribution in [0.25, 0.3) is 0 Å². The minimum atomic E-state index is 0.114. The highest BCUT2D eigenvalue weighted by Crippen LogP contribution is 2.26. The summed E-state index contributed by atoms with van der Waals surface area (Å²) in [6, 6.07) is 18.7. The fraction of sp³-hybridized carbons (Fsp3) is 0.350. The SMILES string of the molecule is O=C(CSc1ccccc1)NCCCN1CCCc2ccccc21. The molecule has 0 unspecified atom stereocenters. The predicted octanol–water partition coefficient (Wildman–Crippen LogP) is 3.74. The van der Waals surface area contributed by atoms with E-state index < -0.39 is 0 Å². The Morgan fingerprint density at radius 1 is 1.08 bits per heavy atom. The molecule has 0 bridgehead atoms. The molecule has 1 aliphatic rings. The number of carbonyl (C=O) groups is 1. The van der Waals surface area contributed by atoms with Crippen LogP contribution in [0.15, 0.2) is 59.5 Å². The van der Waals surface area contributed by atoms with Gasteiger partial charge in [-0.3, -0.25) is 4.79 Å². The largest absolute Gasteiger partial charge is 0.371 e. The molecule has 1 heterocycles. The maximum Gasteiger partial charge on any atom is 0.230 e. The molecule has 1 amide bonds. The number of benzene rings is 2. The van der Waals surface area contributed by atoms with Gasteiger partial charge in [-0.1, -0.05) is 36.4 Å². The van der Waals surface area contributed by atoms with Gasteiger partial charge >= 0.3 is 0 Å². The molecule has 4 heteroatoms. The average Bonchev–Trinajstić information content (AvgIpc) is 2.64. The summed E-state index contributed by atoms with van der Waals surface area (Å²) in [5, 5.41) is 3.03. The second-order valence-corrected chi connectivity index (χ2v) is 7.07. The molecule has 0 fully saturated rings. The molecular formula is C20H24N2OS. The summed E-state index contributed by atoms with van der Waals surface area (Å²) < 4.78 is 0. The number of amides is 1. The highest BCUT2D eigenvalue weighted by Gasteiger charge is 2.15. The lowest BCUT2D eigenvalue weighted by molar-refractivity contribution is -0.118. The van der Waals surface area contributed by atoms with Crippen molar-refractivity contribution in [3.8, 4) is 0 Å². The number of fused-ring (bicyclic) bond motifs is 1. The van der Waals surface area contributed by atoms with Crippen LogP contribution in [0.1, 0.15) is 18.4 Å². The Hall–Kier alpha value is -1.94. The van der Waals surface area contributed by atoms with E-state index in [1.807, 2.05) is 30.3 Å². The maximum atomic E-state index is 11.9. The Kier molecular flexibility index (Phi) is 6.19. The van der Waals surface area contributed by atoms with E-state index in [0.29, 0.717) is 5.75 Å². The first-order valence-corrected chi connectivity index (χ1v) is 9.59. The van der Waals surface area contributed by atoms with Crippen molar-refractivity contribution in [2.45, 2.75) is 24.2 Å². The minimum absolute atomic E-state index is 0.114. The number of nitrogens with one attached hydrogen (secondary N) is 1. The molecule has 126 valence electrons. The third kappa shape index (κ3) is 4.78. The lowest BCUT2D eigenvalue weighted by Crippen LogP contribution is -2.33. The van der Waals surface area contributed by atoms with Gasteiger partial charge in [0.05, 0.1) is 5.75 Å². The number of anilines is 1. The molecule has 0 aliphatic carbocycles. The molecule has 1 N–H and O–H groups in total. The van der Waals surface area contributed by atoms with Crippen LogP contribution in [0.2, 0.25) is 0 Å². The summed E-state index contributed by atoms with van der Waals surface area (Å²) in [6.45, 7) is 2.87. The average molecular weight is 340 g/mol. The van der Waals surface area contributed by atoms with E-state index in [-0.39, 0.29) is 5.91 Å². The first kappa shape index (κ1) is 16.9. The van der Waals surface area contributed by atoms with Gasteiger partial charge in [-0.05, 0) is 43.0 Å². The predicted molar refractivity (Wildman–Crippen MR) is 102 cm³/mol. The van der Waals surface area contributed by atoms with Crippen LogP contribution >= 0.6 is 11.8 Å². The third-order valence-corrected chi connectivity index (χ3v) is 5.26. The van der Waals surface area contributed by atoms with Crippen LogP contribution in [0.5, 0.6) is 0 Å². The highest BCUT2D eigenvalue weighted by atomic mass is 32.2. The maximum absolute atomic E-state index is 11.9. The Labute approximate surface area is 148 Å². The van der Waals surface area contributed by atoms with Crippen LogP contribution in [0.3, 0.4) is 0 Å². The third-order valence-electron chi connectivity index (χ3n) is 4.25. The second-order valence-electron chi connectivity index (χ2n) is 6.02. The van der Waals surface area contributed by atoms with Gasteiger partial charge in [-0.15, -0.1) is 11.8 Å². The molecule has 0 spiro atoms. The van der Waals surface area contributed by atoms with E-state index >= 15 is 0 Å². The zero-order valence-electron chi connectivity index (χ0n) is 13.9. The smallest absolute Gasteiger partial charge is 0.230 e. The van der Waals surface area contributed by atoms with E-state index in [9.17, 15) is 4.79 Å². The fourth-order valence-corrected chi connectivity index (χ4v) is 3.81. The Morgan fingerprint density at radius 3 is 2.75 bits per heavy atom. The lowest BCUT2D eigenvalue weighted by atomic mass is 10.0. The summed E-state index contributed by atoms with van der Waals surface area (Å²) in [5.41, 5.74) is 2.82. The van der Waals surface area contributed by atoms with Crippen molar-refractivity contribution in [2.24, 2.45) is 0 Å². The van der Waals surface area contributed by atoms with Crippen LogP contribution < -0.4 is 10.2 Å². The summed E-state index contributed by atoms with van der Waals surface area (Å²) in [5.74, 6) is 0.596. The Bertz CT molecular complexity index is 660. The van der Waals surface area contributed by atoms with Crippen molar-refractivity contribution in [2.75, 3.05) is 30.3 Å². The zero-order chi connectivity index (χ0) is 16.6. The van der Waals surface area contributed by atoms with Crippen molar-refractivity contribution >= 4 is 23.4 Å². The number of carbonyl (C=O) groups excluding carboxylic acids is 1. The number of nitrogens with zero attached hydrogens (tertiary/aromatic N) is 1.